The van der Waals surface area contributed by atoms with Crippen LogP contribution < -0.4 is 19.5 Å². The van der Waals surface area contributed by atoms with Gasteiger partial charge >= 0.3 is 0 Å². The number of nitrogens with one attached hydrogen (secondary N) is 1. The molecule has 0 aromatic heterocycles. The molecule has 5 heteroatoms. The van der Waals surface area contributed by atoms with E-state index in [0.717, 1.165) is 18.6 Å². The summed E-state index contributed by atoms with van der Waals surface area (Å²) >= 11 is 0. The lowest BCUT2D eigenvalue weighted by atomic mass is 10.1. The molecule has 0 heterocycles. The number of methoxy groups -OCH3 is 1. The molecular weight excluding hydrogens is 366 g/mol. The normalized spacial score (nSPS) is 10.2. The number of aryl methyl sites for hydroxylation is 1. The fraction of sp³-hybridized carbons (Fsp3) is 0.208. The van der Waals surface area contributed by atoms with Crippen LogP contribution in [0.25, 0.3) is 0 Å². The highest BCUT2D eigenvalue weighted by Crippen LogP contribution is 2.25. The van der Waals surface area contributed by atoms with Crippen molar-refractivity contribution in [1.82, 2.24) is 0 Å². The van der Waals surface area contributed by atoms with Gasteiger partial charge in [0.25, 0.3) is 5.91 Å². The van der Waals surface area contributed by atoms with Gasteiger partial charge < -0.3 is 19.5 Å². The molecule has 0 unspecified atom stereocenters. The van der Waals surface area contributed by atoms with Crippen molar-refractivity contribution in [1.29, 1.82) is 0 Å². The van der Waals surface area contributed by atoms with Crippen LogP contribution in [0.3, 0.4) is 0 Å². The Bertz CT molecular complexity index is 894. The van der Waals surface area contributed by atoms with Crippen molar-refractivity contribution in [3.63, 3.8) is 0 Å². The lowest BCUT2D eigenvalue weighted by molar-refractivity contribution is -0.118. The van der Waals surface area contributed by atoms with Gasteiger partial charge in [-0.25, -0.2) is 0 Å². The second-order valence-electron chi connectivity index (χ2n) is 6.45. The van der Waals surface area contributed by atoms with E-state index >= 15 is 0 Å². The van der Waals surface area contributed by atoms with E-state index in [-0.39, 0.29) is 12.5 Å². The summed E-state index contributed by atoms with van der Waals surface area (Å²) < 4.78 is 16.5. The van der Waals surface area contributed by atoms with Crippen molar-refractivity contribution in [2.24, 2.45) is 0 Å². The SMILES string of the molecule is COc1ccccc1OCC(=O)Nc1ccc(OCCCc2ccccc2)cc1. The molecule has 0 radical (unpaired) electrons. The minimum Gasteiger partial charge on any atom is -0.494 e. The van der Waals surface area contributed by atoms with Gasteiger partial charge in [0.05, 0.1) is 13.7 Å². The minimum atomic E-state index is -0.243. The van der Waals surface area contributed by atoms with Crippen molar-refractivity contribution < 1.29 is 19.0 Å². The molecule has 1 amide bonds. The van der Waals surface area contributed by atoms with Crippen LogP contribution in [0, 0.1) is 0 Å². The van der Waals surface area contributed by atoms with E-state index in [0.29, 0.717) is 23.8 Å². The van der Waals surface area contributed by atoms with E-state index in [2.05, 4.69) is 17.4 Å². The first kappa shape index (κ1) is 20.3. The lowest BCUT2D eigenvalue weighted by Gasteiger charge is -2.11. The molecule has 0 saturated heterocycles. The monoisotopic (exact) mass is 391 g/mol. The maximum absolute atomic E-state index is 12.1. The Morgan fingerprint density at radius 3 is 2.24 bits per heavy atom. The summed E-state index contributed by atoms with van der Waals surface area (Å²) in [5, 5.41) is 2.81. The summed E-state index contributed by atoms with van der Waals surface area (Å²) in [6.07, 6.45) is 1.93. The third-order valence-electron chi connectivity index (χ3n) is 4.29. The van der Waals surface area contributed by atoms with Gasteiger partial charge in [-0.1, -0.05) is 42.5 Å². The minimum absolute atomic E-state index is 0.0991. The summed E-state index contributed by atoms with van der Waals surface area (Å²) in [4.78, 5) is 12.1. The maximum atomic E-state index is 12.1. The molecule has 0 spiro atoms. The molecule has 0 aliphatic rings. The fourth-order valence-corrected chi connectivity index (χ4v) is 2.82. The molecule has 0 atom stereocenters. The summed E-state index contributed by atoms with van der Waals surface area (Å²) in [7, 11) is 1.56. The van der Waals surface area contributed by atoms with Crippen LogP contribution in [0.5, 0.6) is 17.2 Å². The molecule has 0 aliphatic carbocycles. The zero-order chi connectivity index (χ0) is 20.3. The van der Waals surface area contributed by atoms with Gasteiger partial charge in [-0.3, -0.25) is 4.79 Å². The van der Waals surface area contributed by atoms with E-state index in [9.17, 15) is 4.79 Å². The van der Waals surface area contributed by atoms with Crippen LogP contribution in [0.4, 0.5) is 5.69 Å². The zero-order valence-corrected chi connectivity index (χ0v) is 16.5. The van der Waals surface area contributed by atoms with Gasteiger partial charge in [0.1, 0.15) is 5.75 Å². The second kappa shape index (κ2) is 10.8. The van der Waals surface area contributed by atoms with Gasteiger partial charge in [-0.2, -0.15) is 0 Å². The number of carbonyl (C=O) groups excluding carboxylic acids is 1. The van der Waals surface area contributed by atoms with E-state index in [4.69, 9.17) is 14.2 Å². The molecule has 0 aliphatic heterocycles. The highest BCUT2D eigenvalue weighted by molar-refractivity contribution is 5.91. The van der Waals surface area contributed by atoms with Gasteiger partial charge in [-0.05, 0) is 54.8 Å². The third-order valence-corrected chi connectivity index (χ3v) is 4.29. The van der Waals surface area contributed by atoms with Gasteiger partial charge in [-0.15, -0.1) is 0 Å². The van der Waals surface area contributed by atoms with Crippen LogP contribution in [0.15, 0.2) is 78.9 Å². The van der Waals surface area contributed by atoms with Crippen LogP contribution >= 0.6 is 0 Å². The van der Waals surface area contributed by atoms with Crippen LogP contribution in [0.1, 0.15) is 12.0 Å². The van der Waals surface area contributed by atoms with Gasteiger partial charge in [0, 0.05) is 5.69 Å². The topological polar surface area (TPSA) is 56.8 Å². The van der Waals surface area contributed by atoms with E-state index < -0.39 is 0 Å². The maximum Gasteiger partial charge on any atom is 0.262 e. The van der Waals surface area contributed by atoms with Gasteiger partial charge in [0.15, 0.2) is 18.1 Å². The first-order valence-corrected chi connectivity index (χ1v) is 9.57. The molecule has 150 valence electrons. The Kier molecular flexibility index (Phi) is 7.52. The molecule has 3 aromatic rings. The summed E-state index contributed by atoms with van der Waals surface area (Å²) in [6.45, 7) is 0.547. The number of rotatable bonds is 10. The second-order valence-corrected chi connectivity index (χ2v) is 6.45. The Morgan fingerprint density at radius 1 is 0.828 bits per heavy atom. The Morgan fingerprint density at radius 2 is 1.52 bits per heavy atom. The molecule has 29 heavy (non-hydrogen) atoms. The smallest absolute Gasteiger partial charge is 0.262 e. The number of benzene rings is 3. The first-order chi connectivity index (χ1) is 14.2. The fourth-order valence-electron chi connectivity index (χ4n) is 2.82. The van der Waals surface area contributed by atoms with Crippen molar-refractivity contribution in [3.8, 4) is 17.2 Å². The first-order valence-electron chi connectivity index (χ1n) is 9.57. The number of carbonyl (C=O) groups is 1. The molecule has 0 bridgehead atoms. The standard InChI is InChI=1S/C24H25NO4/c1-27-22-11-5-6-12-23(22)29-18-24(26)25-20-13-15-21(16-14-20)28-17-7-10-19-8-3-2-4-9-19/h2-6,8-9,11-16H,7,10,17-18H2,1H3,(H,25,26). The number of amides is 1. The van der Waals surface area contributed by atoms with Crippen molar-refractivity contribution in [2.75, 3.05) is 25.6 Å². The molecule has 0 fully saturated rings. The van der Waals surface area contributed by atoms with Crippen LogP contribution in [-0.2, 0) is 11.2 Å². The van der Waals surface area contributed by atoms with Crippen LogP contribution in [0.2, 0.25) is 0 Å². The zero-order valence-electron chi connectivity index (χ0n) is 16.5. The Balaban J connectivity index is 1.39. The average Bonchev–Trinajstić information content (AvgIpc) is 2.77. The number of para-hydroxylation sites is 2. The number of ether oxygens (including phenoxy) is 3. The molecular formula is C24H25NO4. The third kappa shape index (κ3) is 6.57. The quantitative estimate of drug-likeness (QED) is 0.508. The molecule has 3 rings (SSSR count). The molecule has 1 N–H and O–H groups in total. The molecule has 0 saturated carbocycles. The predicted octanol–water partition coefficient (Wildman–Crippen LogP) is 4.72. The van der Waals surface area contributed by atoms with Crippen molar-refractivity contribution >= 4 is 11.6 Å². The highest BCUT2D eigenvalue weighted by atomic mass is 16.5. The Labute approximate surface area is 171 Å². The number of anilines is 1. The van der Waals surface area contributed by atoms with E-state index in [1.807, 2.05) is 54.6 Å². The molecule has 3 aromatic carbocycles. The van der Waals surface area contributed by atoms with Crippen LogP contribution in [-0.4, -0.2) is 26.2 Å². The van der Waals surface area contributed by atoms with E-state index in [1.165, 1.54) is 5.56 Å². The van der Waals surface area contributed by atoms with Crippen molar-refractivity contribution in [3.05, 3.63) is 84.4 Å². The summed E-state index contributed by atoms with van der Waals surface area (Å²) in [5.74, 6) is 1.66. The predicted molar refractivity (Wildman–Crippen MR) is 114 cm³/mol. The highest BCUT2D eigenvalue weighted by Gasteiger charge is 2.07. The Hall–Kier alpha value is -3.47. The van der Waals surface area contributed by atoms with Gasteiger partial charge in [0.2, 0.25) is 0 Å². The largest absolute Gasteiger partial charge is 0.494 e. The number of hydrogen-bond acceptors (Lipinski definition) is 4. The van der Waals surface area contributed by atoms with Crippen molar-refractivity contribution in [2.45, 2.75) is 12.8 Å². The summed E-state index contributed by atoms with van der Waals surface area (Å²) in [6, 6.07) is 24.9. The lowest BCUT2D eigenvalue weighted by Crippen LogP contribution is -2.20. The molecule has 5 nitrogen and oxygen atoms in total. The van der Waals surface area contributed by atoms with E-state index in [1.54, 1.807) is 19.2 Å². The summed E-state index contributed by atoms with van der Waals surface area (Å²) in [5.41, 5.74) is 2.00. The number of hydrogen-bond donors (Lipinski definition) is 1. The average molecular weight is 391 g/mol.